The van der Waals surface area contributed by atoms with E-state index < -0.39 is 0 Å². The lowest BCUT2D eigenvalue weighted by atomic mass is 10.1. The number of pyridine rings is 1. The molecule has 98 valence electrons. The number of amidine groups is 1. The van der Waals surface area contributed by atoms with Gasteiger partial charge in [-0.1, -0.05) is 16.8 Å². The zero-order valence-corrected chi connectivity index (χ0v) is 10.5. The molecule has 0 aromatic carbocycles. The fraction of sp³-hybridized carbons (Fsp3) is 0.455. The fourth-order valence-electron chi connectivity index (χ4n) is 1.98. The molecule has 0 atom stereocenters. The maximum atomic E-state index is 9.47. The number of aromatic nitrogens is 1. The normalized spacial score (nSPS) is 18.1. The minimum atomic E-state index is -0.257. The zero-order valence-electron chi connectivity index (χ0n) is 9.75. The van der Waals surface area contributed by atoms with Crippen molar-refractivity contribution in [3.63, 3.8) is 0 Å². The minimum Gasteiger partial charge on any atom is -0.409 e. The molecule has 0 amide bonds. The minimum absolute atomic E-state index is 0.0410. The van der Waals surface area contributed by atoms with Crippen molar-refractivity contribution in [2.45, 2.75) is 18.9 Å². The number of oxime groups is 1. The predicted molar refractivity (Wildman–Crippen MR) is 69.2 cm³/mol. The first-order chi connectivity index (χ1) is 8.63. The summed E-state index contributed by atoms with van der Waals surface area (Å²) in [4.78, 5) is 6.21. The molecule has 0 bridgehead atoms. The van der Waals surface area contributed by atoms with Gasteiger partial charge in [0.05, 0.1) is 11.1 Å². The van der Waals surface area contributed by atoms with Crippen LogP contribution in [0, 0.1) is 0 Å². The SMILES string of the molecule is N/C(=N/O)c1ccnc(N2CCC(O)CC2)c1Cl. The van der Waals surface area contributed by atoms with E-state index in [9.17, 15) is 5.11 Å². The third-order valence-electron chi connectivity index (χ3n) is 3.02. The fourth-order valence-corrected chi connectivity index (χ4v) is 2.31. The average molecular weight is 271 g/mol. The highest BCUT2D eigenvalue weighted by Gasteiger charge is 2.21. The molecule has 1 aromatic heterocycles. The molecule has 2 heterocycles. The second-order valence-electron chi connectivity index (χ2n) is 4.20. The van der Waals surface area contributed by atoms with Gasteiger partial charge in [0.2, 0.25) is 0 Å². The Morgan fingerprint density at radius 2 is 2.17 bits per heavy atom. The number of halogens is 1. The molecule has 0 aliphatic carbocycles. The van der Waals surface area contributed by atoms with Crippen LogP contribution in [-0.4, -0.2) is 40.3 Å². The highest BCUT2D eigenvalue weighted by atomic mass is 35.5. The number of aliphatic hydroxyl groups excluding tert-OH is 1. The molecule has 0 spiro atoms. The largest absolute Gasteiger partial charge is 0.409 e. The summed E-state index contributed by atoms with van der Waals surface area (Å²) >= 11 is 6.21. The Bertz CT molecular complexity index is 458. The Morgan fingerprint density at radius 3 is 2.78 bits per heavy atom. The van der Waals surface area contributed by atoms with Gasteiger partial charge in [0, 0.05) is 24.8 Å². The molecule has 1 aliphatic rings. The van der Waals surface area contributed by atoms with Gasteiger partial charge in [-0.3, -0.25) is 0 Å². The van der Waals surface area contributed by atoms with Crippen LogP contribution in [0.25, 0.3) is 0 Å². The molecule has 0 radical (unpaired) electrons. The molecule has 0 unspecified atom stereocenters. The zero-order chi connectivity index (χ0) is 13.1. The van der Waals surface area contributed by atoms with E-state index in [1.807, 2.05) is 4.90 Å². The van der Waals surface area contributed by atoms with Gasteiger partial charge in [0.15, 0.2) is 5.84 Å². The molecule has 6 nitrogen and oxygen atoms in total. The molecule has 2 rings (SSSR count). The molecular formula is C11H15ClN4O2. The summed E-state index contributed by atoms with van der Waals surface area (Å²) in [7, 11) is 0. The van der Waals surface area contributed by atoms with Crippen molar-refractivity contribution in [2.24, 2.45) is 10.9 Å². The molecule has 4 N–H and O–H groups in total. The number of piperidine rings is 1. The summed E-state index contributed by atoms with van der Waals surface area (Å²) < 4.78 is 0. The maximum absolute atomic E-state index is 9.47. The van der Waals surface area contributed by atoms with Gasteiger partial charge in [-0.2, -0.15) is 0 Å². The van der Waals surface area contributed by atoms with Gasteiger partial charge in [0.1, 0.15) is 5.82 Å². The highest BCUT2D eigenvalue weighted by Crippen LogP contribution is 2.28. The Labute approximate surface area is 110 Å². The molecule has 18 heavy (non-hydrogen) atoms. The monoisotopic (exact) mass is 270 g/mol. The Kier molecular flexibility index (Phi) is 3.88. The van der Waals surface area contributed by atoms with Crippen molar-refractivity contribution in [3.8, 4) is 0 Å². The second kappa shape index (κ2) is 5.41. The van der Waals surface area contributed by atoms with Gasteiger partial charge < -0.3 is 20.9 Å². The average Bonchev–Trinajstić information content (AvgIpc) is 2.39. The molecule has 1 aromatic rings. The van der Waals surface area contributed by atoms with E-state index in [2.05, 4.69) is 10.1 Å². The van der Waals surface area contributed by atoms with E-state index in [1.54, 1.807) is 12.3 Å². The summed E-state index contributed by atoms with van der Waals surface area (Å²) in [6.45, 7) is 1.38. The van der Waals surface area contributed by atoms with Crippen LogP contribution in [0.3, 0.4) is 0 Å². The van der Waals surface area contributed by atoms with Gasteiger partial charge in [-0.25, -0.2) is 4.98 Å². The van der Waals surface area contributed by atoms with Gasteiger partial charge in [-0.15, -0.1) is 0 Å². The topological polar surface area (TPSA) is 95.0 Å². The van der Waals surface area contributed by atoms with E-state index in [0.717, 1.165) is 0 Å². The number of aliphatic hydroxyl groups is 1. The first-order valence-corrected chi connectivity index (χ1v) is 6.06. The summed E-state index contributed by atoms with van der Waals surface area (Å²) in [6.07, 6.45) is 2.68. The standard InChI is InChI=1S/C11H15ClN4O2/c12-9-8(10(13)15-18)1-4-14-11(9)16-5-2-7(17)3-6-16/h1,4,7,17-18H,2-3,5-6H2,(H2,13,15). The van der Waals surface area contributed by atoms with Gasteiger partial charge >= 0.3 is 0 Å². The Hall–Kier alpha value is -1.53. The van der Waals surface area contributed by atoms with Crippen LogP contribution in [0.2, 0.25) is 5.02 Å². The number of hydrogen-bond acceptors (Lipinski definition) is 5. The Morgan fingerprint density at radius 1 is 1.50 bits per heavy atom. The van der Waals surface area contributed by atoms with E-state index >= 15 is 0 Å². The van der Waals surface area contributed by atoms with Crippen molar-refractivity contribution in [3.05, 3.63) is 22.8 Å². The smallest absolute Gasteiger partial charge is 0.171 e. The van der Waals surface area contributed by atoms with Crippen molar-refractivity contribution in [1.29, 1.82) is 0 Å². The highest BCUT2D eigenvalue weighted by molar-refractivity contribution is 6.36. The van der Waals surface area contributed by atoms with Crippen molar-refractivity contribution in [1.82, 2.24) is 4.98 Å². The third-order valence-corrected chi connectivity index (χ3v) is 3.39. The first-order valence-electron chi connectivity index (χ1n) is 5.69. The van der Waals surface area contributed by atoms with Crippen LogP contribution in [0.4, 0.5) is 5.82 Å². The summed E-state index contributed by atoms with van der Waals surface area (Å²) in [5.74, 6) is 0.563. The molecule has 1 fully saturated rings. The third kappa shape index (κ3) is 2.49. The molecule has 0 saturated carbocycles. The van der Waals surface area contributed by atoms with Crippen LogP contribution in [0.1, 0.15) is 18.4 Å². The number of anilines is 1. The van der Waals surface area contributed by atoms with Crippen molar-refractivity contribution in [2.75, 3.05) is 18.0 Å². The van der Waals surface area contributed by atoms with E-state index in [1.165, 1.54) is 0 Å². The second-order valence-corrected chi connectivity index (χ2v) is 4.58. The van der Waals surface area contributed by atoms with Crippen molar-refractivity contribution < 1.29 is 10.3 Å². The lowest BCUT2D eigenvalue weighted by Gasteiger charge is -2.31. The summed E-state index contributed by atoms with van der Waals surface area (Å²) in [6, 6.07) is 1.60. The van der Waals surface area contributed by atoms with Gasteiger partial charge in [0.25, 0.3) is 0 Å². The number of rotatable bonds is 2. The first kappa shape index (κ1) is 12.9. The Balaban J connectivity index is 2.29. The summed E-state index contributed by atoms with van der Waals surface area (Å²) in [5.41, 5.74) is 6.00. The number of hydrogen-bond donors (Lipinski definition) is 3. The molecule has 7 heteroatoms. The quantitative estimate of drug-likeness (QED) is 0.320. The molecule has 1 saturated heterocycles. The predicted octanol–water partition coefficient (Wildman–Crippen LogP) is 0.791. The lowest BCUT2D eigenvalue weighted by Crippen LogP contribution is -2.36. The van der Waals surface area contributed by atoms with Crippen LogP contribution < -0.4 is 10.6 Å². The number of nitrogens with two attached hydrogens (primary N) is 1. The summed E-state index contributed by atoms with van der Waals surface area (Å²) in [5, 5.41) is 21.5. The number of nitrogens with zero attached hydrogens (tertiary/aromatic N) is 3. The van der Waals surface area contributed by atoms with E-state index in [-0.39, 0.29) is 11.9 Å². The van der Waals surface area contributed by atoms with Crippen LogP contribution in [0.5, 0.6) is 0 Å². The van der Waals surface area contributed by atoms with Gasteiger partial charge in [-0.05, 0) is 18.9 Å². The van der Waals surface area contributed by atoms with E-state index in [0.29, 0.717) is 42.3 Å². The van der Waals surface area contributed by atoms with Crippen LogP contribution >= 0.6 is 11.6 Å². The van der Waals surface area contributed by atoms with Crippen LogP contribution in [0.15, 0.2) is 17.4 Å². The molecule has 1 aliphatic heterocycles. The van der Waals surface area contributed by atoms with Crippen LogP contribution in [-0.2, 0) is 0 Å². The van der Waals surface area contributed by atoms with Crippen molar-refractivity contribution >= 4 is 23.3 Å². The van der Waals surface area contributed by atoms with E-state index in [4.69, 9.17) is 22.5 Å². The molecular weight excluding hydrogens is 256 g/mol. The lowest BCUT2D eigenvalue weighted by molar-refractivity contribution is 0.145. The maximum Gasteiger partial charge on any atom is 0.171 e.